The van der Waals surface area contributed by atoms with Crippen molar-refractivity contribution < 1.29 is 13.3 Å². The average molecular weight is 419 g/mol. The van der Waals surface area contributed by atoms with Gasteiger partial charge < -0.3 is 13.3 Å². The van der Waals surface area contributed by atoms with Gasteiger partial charge in [-0.25, -0.2) is 0 Å². The SMILES string of the molecule is C=C.C=C.C=C.CCCSSSS[Si](OCC)(OCC)OCC. The normalized spacial score (nSPS) is 9.39. The minimum atomic E-state index is -2.51. The fourth-order valence-corrected chi connectivity index (χ4v) is 15.0. The summed E-state index contributed by atoms with van der Waals surface area (Å²) in [7, 11) is 4.45. The third-order valence-electron chi connectivity index (χ3n) is 1.46. The van der Waals surface area contributed by atoms with Crippen molar-refractivity contribution in [1.29, 1.82) is 0 Å². The zero-order valence-electron chi connectivity index (χ0n) is 15.1. The molecule has 0 N–H and O–H groups in total. The fraction of sp³-hybridized carbons (Fsp3) is 0.600. The zero-order chi connectivity index (χ0) is 19.0. The van der Waals surface area contributed by atoms with E-state index >= 15 is 0 Å². The minimum absolute atomic E-state index is 0.631. The lowest BCUT2D eigenvalue weighted by Gasteiger charge is -2.25. The Hall–Kier alpha value is 0.717. The maximum absolute atomic E-state index is 5.73. The molecule has 3 nitrogen and oxygen atoms in total. The lowest BCUT2D eigenvalue weighted by Crippen LogP contribution is -2.42. The van der Waals surface area contributed by atoms with Crippen LogP contribution in [0.2, 0.25) is 0 Å². The molecule has 0 aliphatic rings. The van der Waals surface area contributed by atoms with E-state index in [4.69, 9.17) is 13.3 Å². The van der Waals surface area contributed by atoms with Gasteiger partial charge in [0, 0.05) is 25.6 Å². The molecule has 0 aromatic heterocycles. The van der Waals surface area contributed by atoms with E-state index in [1.54, 1.807) is 29.9 Å². The molecule has 0 unspecified atom stereocenters. The third-order valence-corrected chi connectivity index (χ3v) is 14.4. The van der Waals surface area contributed by atoms with Gasteiger partial charge in [0.2, 0.25) is 0 Å². The quantitative estimate of drug-likeness (QED) is 0.145. The van der Waals surface area contributed by atoms with Crippen molar-refractivity contribution in [3.8, 4) is 0 Å². The highest BCUT2D eigenvalue weighted by Gasteiger charge is 2.43. The van der Waals surface area contributed by atoms with Crippen LogP contribution in [0.15, 0.2) is 39.5 Å². The van der Waals surface area contributed by atoms with Crippen molar-refractivity contribution in [2.45, 2.75) is 34.1 Å². The average Bonchev–Trinajstić information content (AvgIpc) is 2.61. The molecule has 0 amide bonds. The van der Waals surface area contributed by atoms with Crippen molar-refractivity contribution in [2.75, 3.05) is 25.6 Å². The molecule has 23 heavy (non-hydrogen) atoms. The summed E-state index contributed by atoms with van der Waals surface area (Å²) in [4.78, 5) is 0. The monoisotopic (exact) mass is 418 g/mol. The molecule has 0 fully saturated rings. The second-order valence-electron chi connectivity index (χ2n) is 2.84. The van der Waals surface area contributed by atoms with Crippen LogP contribution >= 0.6 is 40.7 Å². The molecule has 0 saturated carbocycles. The molecule has 0 saturated heterocycles. The maximum atomic E-state index is 5.73. The number of hydrogen-bond donors (Lipinski definition) is 0. The van der Waals surface area contributed by atoms with E-state index < -0.39 is 7.95 Å². The van der Waals surface area contributed by atoms with E-state index in [9.17, 15) is 0 Å². The zero-order valence-corrected chi connectivity index (χ0v) is 19.4. The molecular weight excluding hydrogens is 385 g/mol. The van der Waals surface area contributed by atoms with Crippen LogP contribution in [0.25, 0.3) is 0 Å². The topological polar surface area (TPSA) is 27.7 Å². The van der Waals surface area contributed by atoms with E-state index in [0.717, 1.165) is 0 Å². The van der Waals surface area contributed by atoms with E-state index in [0.29, 0.717) is 19.8 Å². The first kappa shape index (κ1) is 31.5. The fourth-order valence-electron chi connectivity index (χ4n) is 0.920. The maximum Gasteiger partial charge on any atom is 0.585 e. The van der Waals surface area contributed by atoms with Crippen molar-refractivity contribution in [3.05, 3.63) is 39.5 Å². The molecule has 0 aliphatic heterocycles. The highest BCUT2D eigenvalue weighted by molar-refractivity contribution is 9.28. The Morgan fingerprint density at radius 3 is 1.39 bits per heavy atom. The summed E-state index contributed by atoms with van der Waals surface area (Å²) in [6.07, 6.45) is 1.20. The van der Waals surface area contributed by atoms with Crippen LogP contribution in [-0.2, 0) is 13.3 Å². The molecule has 0 atom stereocenters. The molecule has 0 bridgehead atoms. The summed E-state index contributed by atoms with van der Waals surface area (Å²) in [6.45, 7) is 28.0. The summed E-state index contributed by atoms with van der Waals surface area (Å²) in [6, 6.07) is 0. The van der Waals surface area contributed by atoms with E-state index in [1.807, 2.05) is 31.6 Å². The van der Waals surface area contributed by atoms with Crippen LogP contribution in [0.5, 0.6) is 0 Å². The van der Waals surface area contributed by atoms with Crippen LogP contribution in [0, 0.1) is 0 Å². The van der Waals surface area contributed by atoms with Crippen molar-refractivity contribution in [1.82, 2.24) is 0 Å². The Morgan fingerprint density at radius 1 is 0.696 bits per heavy atom. The molecule has 0 heterocycles. The highest BCUT2D eigenvalue weighted by Crippen LogP contribution is 2.48. The Morgan fingerprint density at radius 2 is 1.09 bits per heavy atom. The van der Waals surface area contributed by atoms with Gasteiger partial charge in [-0.3, -0.25) is 0 Å². The summed E-state index contributed by atoms with van der Waals surface area (Å²) in [5, 5.41) is 0. The summed E-state index contributed by atoms with van der Waals surface area (Å²) < 4.78 is 17.2. The Labute approximate surface area is 160 Å². The molecule has 0 spiro atoms. The van der Waals surface area contributed by atoms with Gasteiger partial charge in [0.15, 0.2) is 0 Å². The summed E-state index contributed by atoms with van der Waals surface area (Å²) in [5.74, 6) is 1.17. The highest BCUT2D eigenvalue weighted by atomic mass is 33.7. The van der Waals surface area contributed by atoms with Crippen molar-refractivity contribution in [2.24, 2.45) is 0 Å². The molecular formula is C15H34O3S4Si. The number of hydrogen-bond acceptors (Lipinski definition) is 7. The Balaban J connectivity index is -0.000000267. The van der Waals surface area contributed by atoms with Crippen LogP contribution in [0.4, 0.5) is 0 Å². The summed E-state index contributed by atoms with van der Waals surface area (Å²) >= 11 is 0. The van der Waals surface area contributed by atoms with E-state index in [2.05, 4.69) is 46.4 Å². The van der Waals surface area contributed by atoms with Gasteiger partial charge in [0.1, 0.15) is 0 Å². The first-order chi connectivity index (χ1) is 11.2. The molecule has 8 heteroatoms. The molecule has 0 rings (SSSR count). The van der Waals surface area contributed by atoms with E-state index in [1.165, 1.54) is 12.2 Å². The van der Waals surface area contributed by atoms with Gasteiger partial charge in [-0.05, 0) is 57.1 Å². The van der Waals surface area contributed by atoms with Gasteiger partial charge in [0.05, 0.1) is 0 Å². The smallest absolute Gasteiger partial charge is 0.365 e. The second kappa shape index (κ2) is 30.6. The Kier molecular flexibility index (Phi) is 41.9. The van der Waals surface area contributed by atoms with Crippen LogP contribution in [-0.4, -0.2) is 33.5 Å². The van der Waals surface area contributed by atoms with Crippen LogP contribution < -0.4 is 0 Å². The molecule has 0 aliphatic carbocycles. The Bertz CT molecular complexity index is 193. The van der Waals surface area contributed by atoms with Gasteiger partial charge in [-0.15, -0.1) is 39.5 Å². The molecule has 140 valence electrons. The summed E-state index contributed by atoms with van der Waals surface area (Å²) in [5.41, 5.74) is 0. The van der Waals surface area contributed by atoms with Crippen LogP contribution in [0.1, 0.15) is 34.1 Å². The lowest BCUT2D eigenvalue weighted by atomic mass is 10.6. The first-order valence-electron chi connectivity index (χ1n) is 7.30. The van der Waals surface area contributed by atoms with Crippen molar-refractivity contribution in [3.63, 3.8) is 0 Å². The van der Waals surface area contributed by atoms with E-state index in [-0.39, 0.29) is 0 Å². The predicted molar refractivity (Wildman–Crippen MR) is 120 cm³/mol. The van der Waals surface area contributed by atoms with Gasteiger partial charge in [-0.2, -0.15) is 0 Å². The molecule has 0 radical (unpaired) electrons. The van der Waals surface area contributed by atoms with Gasteiger partial charge in [-0.1, -0.05) is 17.7 Å². The van der Waals surface area contributed by atoms with Crippen LogP contribution in [0.3, 0.4) is 0 Å². The van der Waals surface area contributed by atoms with Gasteiger partial charge >= 0.3 is 7.95 Å². The standard InChI is InChI=1S/C9H22O3S4Si.3C2H4/c1-5-9-13-14-15-16-17(10-6-2,11-7-3)12-8-4;3*1-2/h5-9H2,1-4H3;3*1-2H2. The lowest BCUT2D eigenvalue weighted by molar-refractivity contribution is 0.0971. The molecule has 0 aromatic rings. The predicted octanol–water partition coefficient (Wildman–Crippen LogP) is 7.03. The first-order valence-corrected chi connectivity index (χ1v) is 14.7. The number of rotatable bonds is 12. The largest absolute Gasteiger partial charge is 0.585 e. The second-order valence-corrected chi connectivity index (χ2v) is 13.3. The third kappa shape index (κ3) is 22.7. The minimum Gasteiger partial charge on any atom is -0.365 e. The molecule has 0 aromatic carbocycles. The van der Waals surface area contributed by atoms with Crippen molar-refractivity contribution >= 4 is 48.6 Å². The van der Waals surface area contributed by atoms with Gasteiger partial charge in [0.25, 0.3) is 0 Å².